The molecule has 0 saturated carbocycles. The molecule has 4 rings (SSSR count). The van der Waals surface area contributed by atoms with E-state index in [1.54, 1.807) is 6.08 Å². The minimum atomic E-state index is -3.54. The first-order chi connectivity index (χ1) is 12.1. The number of nitrogens with zero attached hydrogens (tertiary/aromatic N) is 3. The zero-order chi connectivity index (χ0) is 17.4. The maximum absolute atomic E-state index is 12.9. The maximum atomic E-state index is 12.9. The minimum Gasteiger partial charge on any atom is -0.248 e. The molecular formula is C18H22N4O2S. The van der Waals surface area contributed by atoms with Crippen LogP contribution in [0.4, 0.5) is 0 Å². The zero-order valence-electron chi connectivity index (χ0n) is 14.3. The van der Waals surface area contributed by atoms with Gasteiger partial charge in [-0.05, 0) is 42.9 Å². The van der Waals surface area contributed by atoms with Crippen molar-refractivity contribution < 1.29 is 8.42 Å². The average molecular weight is 358 g/mol. The fourth-order valence-corrected chi connectivity index (χ4v) is 4.94. The maximum Gasteiger partial charge on any atom is 0.237 e. The van der Waals surface area contributed by atoms with E-state index in [2.05, 4.69) is 20.9 Å². The Morgan fingerprint density at radius 3 is 2.96 bits per heavy atom. The van der Waals surface area contributed by atoms with Gasteiger partial charge in [-0.25, -0.2) is 22.8 Å². The summed E-state index contributed by atoms with van der Waals surface area (Å²) in [6.07, 6.45) is 5.49. The molecule has 2 aromatic rings. The largest absolute Gasteiger partial charge is 0.248 e. The Bertz CT molecular complexity index is 930. The second-order valence-electron chi connectivity index (χ2n) is 6.59. The lowest BCUT2D eigenvalue weighted by atomic mass is 9.98. The highest BCUT2D eigenvalue weighted by molar-refractivity contribution is 7.93. The second kappa shape index (κ2) is 6.38. The van der Waals surface area contributed by atoms with Crippen LogP contribution in [0.15, 0.2) is 29.2 Å². The summed E-state index contributed by atoms with van der Waals surface area (Å²) in [6.45, 7) is 2.81. The molecule has 25 heavy (non-hydrogen) atoms. The lowest BCUT2D eigenvalue weighted by molar-refractivity contribution is 0.400. The summed E-state index contributed by atoms with van der Waals surface area (Å²) in [4.78, 5) is 4.98. The Balaban J connectivity index is 1.61. The Labute approximate surface area is 148 Å². The van der Waals surface area contributed by atoms with E-state index >= 15 is 0 Å². The van der Waals surface area contributed by atoms with E-state index in [1.807, 2.05) is 29.8 Å². The van der Waals surface area contributed by atoms with Crippen LogP contribution in [-0.2, 0) is 29.4 Å². The van der Waals surface area contributed by atoms with E-state index in [0.29, 0.717) is 11.3 Å². The number of allylic oxidation sites excluding steroid dienone is 1. The molecule has 0 radical (unpaired) electrons. The van der Waals surface area contributed by atoms with Gasteiger partial charge in [-0.1, -0.05) is 31.2 Å². The summed E-state index contributed by atoms with van der Waals surface area (Å²) >= 11 is 0. The number of aromatic nitrogens is 3. The average Bonchev–Trinajstić information content (AvgIpc) is 3.05. The standard InChI is InChI=1S/C18H22N4O2S/c1-2-17-19-18-16(8-5-11-22(18)20-17)21-25(23,24)15-10-9-13-6-3-4-7-14(13)12-15/h3-4,6-7,12,16,21H,2,5,8-11H2,1H3/t16-/m1/s1. The SMILES string of the molecule is CCc1nc2n(n1)CCC[C@H]2NS(=O)(=O)C1=Cc2ccccc2CC1. The van der Waals surface area contributed by atoms with Gasteiger partial charge in [0.25, 0.3) is 0 Å². The summed E-state index contributed by atoms with van der Waals surface area (Å²) in [6, 6.07) is 7.65. The highest BCUT2D eigenvalue weighted by Crippen LogP contribution is 2.30. The summed E-state index contributed by atoms with van der Waals surface area (Å²) in [5.74, 6) is 1.51. The molecule has 0 unspecified atom stereocenters. The van der Waals surface area contributed by atoms with Crippen molar-refractivity contribution in [3.05, 3.63) is 51.9 Å². The first kappa shape index (κ1) is 16.5. The van der Waals surface area contributed by atoms with Crippen molar-refractivity contribution in [2.45, 2.75) is 51.6 Å². The van der Waals surface area contributed by atoms with Crippen molar-refractivity contribution >= 4 is 16.1 Å². The number of hydrogen-bond donors (Lipinski definition) is 1. The number of benzene rings is 1. The lowest BCUT2D eigenvalue weighted by Crippen LogP contribution is -2.34. The third kappa shape index (κ3) is 3.14. The van der Waals surface area contributed by atoms with Gasteiger partial charge in [0, 0.05) is 13.0 Å². The predicted molar refractivity (Wildman–Crippen MR) is 96.2 cm³/mol. The van der Waals surface area contributed by atoms with Crippen LogP contribution < -0.4 is 4.72 Å². The van der Waals surface area contributed by atoms with Crippen LogP contribution in [0, 0.1) is 0 Å². The minimum absolute atomic E-state index is 0.301. The van der Waals surface area contributed by atoms with Gasteiger partial charge in [0.2, 0.25) is 10.0 Å². The highest BCUT2D eigenvalue weighted by Gasteiger charge is 2.30. The quantitative estimate of drug-likeness (QED) is 0.911. The molecule has 1 aromatic heterocycles. The number of sulfonamides is 1. The summed E-state index contributed by atoms with van der Waals surface area (Å²) in [5.41, 5.74) is 2.20. The van der Waals surface area contributed by atoms with Crippen molar-refractivity contribution in [1.29, 1.82) is 0 Å². The number of rotatable bonds is 4. The fourth-order valence-electron chi connectivity index (χ4n) is 3.54. The van der Waals surface area contributed by atoms with Gasteiger partial charge >= 0.3 is 0 Å². The topological polar surface area (TPSA) is 76.9 Å². The van der Waals surface area contributed by atoms with Crippen LogP contribution in [0.1, 0.15) is 55.0 Å². The molecule has 0 fully saturated rings. The van der Waals surface area contributed by atoms with Gasteiger partial charge in [0.15, 0.2) is 5.82 Å². The third-order valence-electron chi connectivity index (χ3n) is 4.89. The van der Waals surface area contributed by atoms with Crippen molar-refractivity contribution in [2.75, 3.05) is 0 Å². The van der Waals surface area contributed by atoms with Crippen LogP contribution in [0.5, 0.6) is 0 Å². The summed E-state index contributed by atoms with van der Waals surface area (Å²) in [7, 11) is -3.54. The molecule has 132 valence electrons. The van der Waals surface area contributed by atoms with E-state index in [-0.39, 0.29) is 6.04 Å². The Morgan fingerprint density at radius 2 is 2.12 bits per heavy atom. The molecule has 0 bridgehead atoms. The number of nitrogens with one attached hydrogen (secondary N) is 1. The molecule has 0 spiro atoms. The van der Waals surface area contributed by atoms with Crippen LogP contribution >= 0.6 is 0 Å². The fraction of sp³-hybridized carbons (Fsp3) is 0.444. The van der Waals surface area contributed by atoms with Gasteiger partial charge in [0.1, 0.15) is 5.82 Å². The number of hydrogen-bond acceptors (Lipinski definition) is 4. The molecule has 6 nitrogen and oxygen atoms in total. The smallest absolute Gasteiger partial charge is 0.237 e. The third-order valence-corrected chi connectivity index (χ3v) is 6.50. The monoisotopic (exact) mass is 358 g/mol. The predicted octanol–water partition coefficient (Wildman–Crippen LogP) is 2.58. The second-order valence-corrected chi connectivity index (χ2v) is 8.36. The Morgan fingerprint density at radius 1 is 1.28 bits per heavy atom. The van der Waals surface area contributed by atoms with Crippen molar-refractivity contribution in [3.8, 4) is 0 Å². The molecule has 2 heterocycles. The molecule has 1 N–H and O–H groups in total. The van der Waals surface area contributed by atoms with Crippen LogP contribution in [-0.4, -0.2) is 23.2 Å². The molecule has 1 atom stereocenters. The lowest BCUT2D eigenvalue weighted by Gasteiger charge is -2.24. The molecule has 1 aromatic carbocycles. The van der Waals surface area contributed by atoms with Crippen molar-refractivity contribution in [1.82, 2.24) is 19.5 Å². The summed E-state index contributed by atoms with van der Waals surface area (Å²) in [5, 5.41) is 4.45. The zero-order valence-corrected chi connectivity index (χ0v) is 15.1. The summed E-state index contributed by atoms with van der Waals surface area (Å²) < 4.78 is 30.5. The van der Waals surface area contributed by atoms with Gasteiger partial charge < -0.3 is 0 Å². The van der Waals surface area contributed by atoms with Gasteiger partial charge in [-0.3, -0.25) is 0 Å². The molecule has 2 aliphatic rings. The van der Waals surface area contributed by atoms with E-state index in [9.17, 15) is 8.42 Å². The van der Waals surface area contributed by atoms with E-state index in [1.165, 1.54) is 5.56 Å². The Hall–Kier alpha value is -1.99. The molecule has 1 aliphatic heterocycles. The van der Waals surface area contributed by atoms with E-state index < -0.39 is 10.0 Å². The molecule has 1 aliphatic carbocycles. The normalized spacial score (nSPS) is 19.9. The van der Waals surface area contributed by atoms with Crippen molar-refractivity contribution in [2.24, 2.45) is 0 Å². The van der Waals surface area contributed by atoms with E-state index in [4.69, 9.17) is 0 Å². The number of aryl methyl sites for hydroxylation is 3. The molecule has 0 saturated heterocycles. The highest BCUT2D eigenvalue weighted by atomic mass is 32.2. The van der Waals surface area contributed by atoms with Gasteiger partial charge in [-0.2, -0.15) is 5.10 Å². The number of fused-ring (bicyclic) bond motifs is 2. The molecular weight excluding hydrogens is 336 g/mol. The van der Waals surface area contributed by atoms with Gasteiger partial charge in [0.05, 0.1) is 10.9 Å². The molecule has 0 amide bonds. The Kier molecular flexibility index (Phi) is 4.21. The van der Waals surface area contributed by atoms with Crippen LogP contribution in [0.3, 0.4) is 0 Å². The van der Waals surface area contributed by atoms with E-state index in [0.717, 1.165) is 49.4 Å². The first-order valence-electron chi connectivity index (χ1n) is 8.81. The first-order valence-corrected chi connectivity index (χ1v) is 10.3. The van der Waals surface area contributed by atoms with Gasteiger partial charge in [-0.15, -0.1) is 0 Å². The van der Waals surface area contributed by atoms with Crippen LogP contribution in [0.25, 0.3) is 6.08 Å². The van der Waals surface area contributed by atoms with Crippen molar-refractivity contribution in [3.63, 3.8) is 0 Å². The van der Waals surface area contributed by atoms with Crippen LogP contribution in [0.2, 0.25) is 0 Å². The molecule has 7 heteroatoms.